The zero-order chi connectivity index (χ0) is 17.1. The molecule has 0 bridgehead atoms. The van der Waals surface area contributed by atoms with E-state index in [1.807, 2.05) is 12.4 Å². The Morgan fingerprint density at radius 1 is 1.28 bits per heavy atom. The lowest BCUT2D eigenvalue weighted by molar-refractivity contribution is 0.193. The fourth-order valence-electron chi connectivity index (χ4n) is 3.44. The van der Waals surface area contributed by atoms with Crippen molar-refractivity contribution in [3.05, 3.63) is 58.4 Å². The van der Waals surface area contributed by atoms with E-state index in [9.17, 15) is 0 Å². The topological polar surface area (TPSA) is 39.9 Å². The van der Waals surface area contributed by atoms with Gasteiger partial charge in [-0.3, -0.25) is 0 Å². The number of imidazole rings is 1. The Labute approximate surface area is 152 Å². The van der Waals surface area contributed by atoms with Gasteiger partial charge in [-0.2, -0.15) is 0 Å². The molecule has 3 aromatic rings. The summed E-state index contributed by atoms with van der Waals surface area (Å²) in [4.78, 5) is 9.54. The van der Waals surface area contributed by atoms with Crippen LogP contribution in [-0.4, -0.2) is 27.7 Å². The summed E-state index contributed by atoms with van der Waals surface area (Å²) in [6.07, 6.45) is 5.23. The summed E-state index contributed by atoms with van der Waals surface area (Å²) < 4.78 is 7.93. The van der Waals surface area contributed by atoms with Crippen LogP contribution in [0.2, 0.25) is 0 Å². The van der Waals surface area contributed by atoms with E-state index in [1.165, 1.54) is 16.3 Å². The van der Waals surface area contributed by atoms with Gasteiger partial charge in [0, 0.05) is 23.5 Å². The molecular formula is C20H23N3OS. The molecule has 3 heterocycles. The number of rotatable bonds is 6. The van der Waals surface area contributed by atoms with Crippen LogP contribution in [0.4, 0.5) is 0 Å². The van der Waals surface area contributed by atoms with E-state index in [-0.39, 0.29) is 0 Å². The minimum absolute atomic E-state index is 0.409. The molecule has 0 saturated carbocycles. The highest BCUT2D eigenvalue weighted by molar-refractivity contribution is 7.09. The summed E-state index contributed by atoms with van der Waals surface area (Å²) in [5, 5.41) is 3.41. The van der Waals surface area contributed by atoms with Gasteiger partial charge in [0.1, 0.15) is 0 Å². The van der Waals surface area contributed by atoms with Gasteiger partial charge in [0.05, 0.1) is 41.6 Å². The standard InChI is InChI=1S/C20H23N3OS/c1-2-6-18-22-17(13-25-18)11-23-14-21-19(15-7-4-3-5-8-15)20(23)16-9-10-24-12-16/h3-5,7-8,13-14,16H,2,6,9-12H2,1H3/t16-/m0/s1. The molecule has 1 aromatic carbocycles. The molecule has 1 aliphatic rings. The normalized spacial score (nSPS) is 17.2. The van der Waals surface area contributed by atoms with E-state index in [1.54, 1.807) is 11.3 Å². The second kappa shape index (κ2) is 7.50. The molecule has 1 atom stereocenters. The SMILES string of the molecule is CCCc1nc(Cn2cnc(-c3ccccc3)c2[C@H]2CCOC2)cs1. The van der Waals surface area contributed by atoms with Crippen LogP contribution >= 0.6 is 11.3 Å². The molecule has 4 nitrogen and oxygen atoms in total. The van der Waals surface area contributed by atoms with Crippen molar-refractivity contribution in [2.45, 2.75) is 38.6 Å². The predicted molar refractivity (Wildman–Crippen MR) is 101 cm³/mol. The van der Waals surface area contributed by atoms with E-state index >= 15 is 0 Å². The molecule has 130 valence electrons. The number of hydrogen-bond donors (Lipinski definition) is 0. The van der Waals surface area contributed by atoms with Crippen LogP contribution in [0.25, 0.3) is 11.3 Å². The lowest BCUT2D eigenvalue weighted by Crippen LogP contribution is -2.10. The zero-order valence-electron chi connectivity index (χ0n) is 14.5. The van der Waals surface area contributed by atoms with Crippen molar-refractivity contribution < 1.29 is 4.74 Å². The van der Waals surface area contributed by atoms with Crippen molar-refractivity contribution in [3.8, 4) is 11.3 Å². The van der Waals surface area contributed by atoms with E-state index in [2.05, 4.69) is 41.1 Å². The number of nitrogens with zero attached hydrogens (tertiary/aromatic N) is 3. The van der Waals surface area contributed by atoms with Gasteiger partial charge in [-0.05, 0) is 19.3 Å². The second-order valence-electron chi connectivity index (χ2n) is 6.52. The minimum Gasteiger partial charge on any atom is -0.381 e. The highest BCUT2D eigenvalue weighted by Gasteiger charge is 2.26. The summed E-state index contributed by atoms with van der Waals surface area (Å²) in [7, 11) is 0. The molecule has 2 aromatic heterocycles. The van der Waals surface area contributed by atoms with Crippen LogP contribution in [0.1, 0.15) is 42.1 Å². The maximum Gasteiger partial charge on any atom is 0.0959 e. The largest absolute Gasteiger partial charge is 0.381 e. The maximum absolute atomic E-state index is 5.66. The van der Waals surface area contributed by atoms with Gasteiger partial charge in [0.25, 0.3) is 0 Å². The Hall–Kier alpha value is -1.98. The quantitative estimate of drug-likeness (QED) is 0.654. The van der Waals surface area contributed by atoms with Gasteiger partial charge >= 0.3 is 0 Å². The first-order valence-electron chi connectivity index (χ1n) is 8.96. The third-order valence-corrected chi connectivity index (χ3v) is 5.59. The molecular weight excluding hydrogens is 330 g/mol. The van der Waals surface area contributed by atoms with Crippen LogP contribution in [0, 0.1) is 0 Å². The number of ether oxygens (including phenoxy) is 1. The molecule has 0 radical (unpaired) electrons. The smallest absolute Gasteiger partial charge is 0.0959 e. The Balaban J connectivity index is 1.68. The Morgan fingerprint density at radius 2 is 2.16 bits per heavy atom. The summed E-state index contributed by atoms with van der Waals surface area (Å²) in [5.74, 6) is 0.409. The van der Waals surface area contributed by atoms with Gasteiger partial charge in [0.2, 0.25) is 0 Å². The van der Waals surface area contributed by atoms with Gasteiger partial charge in [-0.15, -0.1) is 11.3 Å². The molecule has 25 heavy (non-hydrogen) atoms. The third kappa shape index (κ3) is 3.53. The molecule has 1 saturated heterocycles. The van der Waals surface area contributed by atoms with Crippen molar-refractivity contribution in [2.24, 2.45) is 0 Å². The average Bonchev–Trinajstić information content (AvgIpc) is 3.37. The molecule has 1 fully saturated rings. The highest BCUT2D eigenvalue weighted by Crippen LogP contribution is 2.33. The first kappa shape index (κ1) is 16.5. The van der Waals surface area contributed by atoms with Crippen molar-refractivity contribution in [3.63, 3.8) is 0 Å². The molecule has 0 unspecified atom stereocenters. The molecule has 0 N–H and O–H groups in total. The second-order valence-corrected chi connectivity index (χ2v) is 7.46. The van der Waals surface area contributed by atoms with Gasteiger partial charge < -0.3 is 9.30 Å². The maximum atomic E-state index is 5.66. The zero-order valence-corrected chi connectivity index (χ0v) is 15.3. The summed E-state index contributed by atoms with van der Waals surface area (Å²) >= 11 is 1.77. The van der Waals surface area contributed by atoms with E-state index in [4.69, 9.17) is 14.7 Å². The van der Waals surface area contributed by atoms with Crippen molar-refractivity contribution in [1.29, 1.82) is 0 Å². The van der Waals surface area contributed by atoms with Crippen LogP contribution in [0.15, 0.2) is 42.0 Å². The monoisotopic (exact) mass is 353 g/mol. The fourth-order valence-corrected chi connectivity index (χ4v) is 4.33. The third-order valence-electron chi connectivity index (χ3n) is 4.64. The van der Waals surface area contributed by atoms with Crippen LogP contribution < -0.4 is 0 Å². The lowest BCUT2D eigenvalue weighted by atomic mass is 9.99. The summed E-state index contributed by atoms with van der Waals surface area (Å²) in [6, 6.07) is 10.5. The van der Waals surface area contributed by atoms with Crippen LogP contribution in [0.3, 0.4) is 0 Å². The predicted octanol–water partition coefficient (Wildman–Crippen LogP) is 4.51. The highest BCUT2D eigenvalue weighted by atomic mass is 32.1. The summed E-state index contributed by atoms with van der Waals surface area (Å²) in [5.41, 5.74) is 4.67. The van der Waals surface area contributed by atoms with E-state index in [0.717, 1.165) is 50.4 Å². The van der Waals surface area contributed by atoms with Gasteiger partial charge in [-0.1, -0.05) is 37.3 Å². The summed E-state index contributed by atoms with van der Waals surface area (Å²) in [6.45, 7) is 4.60. The van der Waals surface area contributed by atoms with Crippen LogP contribution in [0.5, 0.6) is 0 Å². The van der Waals surface area contributed by atoms with Crippen molar-refractivity contribution in [1.82, 2.24) is 14.5 Å². The Kier molecular flexibility index (Phi) is 4.95. The molecule has 0 aliphatic carbocycles. The number of hydrogen-bond acceptors (Lipinski definition) is 4. The van der Waals surface area contributed by atoms with Gasteiger partial charge in [-0.25, -0.2) is 9.97 Å². The number of aromatic nitrogens is 3. The van der Waals surface area contributed by atoms with Crippen LogP contribution in [-0.2, 0) is 17.7 Å². The first-order chi connectivity index (χ1) is 12.3. The fraction of sp³-hybridized carbons (Fsp3) is 0.400. The minimum atomic E-state index is 0.409. The van der Waals surface area contributed by atoms with Gasteiger partial charge in [0.15, 0.2) is 0 Å². The Morgan fingerprint density at radius 3 is 2.92 bits per heavy atom. The molecule has 0 spiro atoms. The van der Waals surface area contributed by atoms with E-state index < -0.39 is 0 Å². The average molecular weight is 353 g/mol. The number of benzene rings is 1. The lowest BCUT2D eigenvalue weighted by Gasteiger charge is -2.14. The molecule has 1 aliphatic heterocycles. The number of aryl methyl sites for hydroxylation is 1. The van der Waals surface area contributed by atoms with Crippen molar-refractivity contribution in [2.75, 3.05) is 13.2 Å². The molecule has 4 rings (SSSR count). The molecule has 0 amide bonds. The van der Waals surface area contributed by atoms with Crippen molar-refractivity contribution >= 4 is 11.3 Å². The van der Waals surface area contributed by atoms with E-state index in [0.29, 0.717) is 5.92 Å². The molecule has 5 heteroatoms. The number of thiazole rings is 1. The first-order valence-corrected chi connectivity index (χ1v) is 9.84. The Bertz CT molecular complexity index is 819.